The van der Waals surface area contributed by atoms with E-state index in [4.69, 9.17) is 4.99 Å². The minimum atomic E-state index is 1.09. The third-order valence-corrected chi connectivity index (χ3v) is 6.34. The summed E-state index contributed by atoms with van der Waals surface area (Å²) in [5.74, 6) is 1.22. The smallest absolute Gasteiger partial charge is 0.164 e. The number of nitrogens with zero attached hydrogens (tertiary/aromatic N) is 2. The molecule has 0 N–H and O–H groups in total. The normalized spacial score (nSPS) is 16.9. The number of rotatable bonds is 15. The van der Waals surface area contributed by atoms with E-state index >= 15 is 0 Å². The Bertz CT molecular complexity index is 453. The molecule has 0 saturated carbocycles. The molecule has 2 heterocycles. The van der Waals surface area contributed by atoms with Crippen LogP contribution in [-0.2, 0) is 0 Å². The minimum absolute atomic E-state index is 1.09. The molecule has 2 aliphatic rings. The molecule has 0 aromatic heterocycles. The van der Waals surface area contributed by atoms with Crippen molar-refractivity contribution in [2.75, 3.05) is 18.8 Å². The largest absolute Gasteiger partial charge is 0.347 e. The average Bonchev–Trinajstić information content (AvgIpc) is 3.12. The first-order chi connectivity index (χ1) is 12.9. The van der Waals surface area contributed by atoms with Crippen LogP contribution in [-0.4, -0.2) is 28.9 Å². The molecule has 0 unspecified atom stereocenters. The number of amidine groups is 1. The van der Waals surface area contributed by atoms with Crippen molar-refractivity contribution in [2.45, 2.75) is 96.8 Å². The lowest BCUT2D eigenvalue weighted by atomic mass is 10.1. The van der Waals surface area contributed by atoms with Crippen molar-refractivity contribution in [3.63, 3.8) is 0 Å². The predicted octanol–water partition coefficient (Wildman–Crippen LogP) is 7.33. The van der Waals surface area contributed by atoms with E-state index < -0.39 is 0 Å². The van der Waals surface area contributed by atoms with Gasteiger partial charge in [-0.2, -0.15) is 0 Å². The number of aliphatic imine (C=N–C) groups is 1. The number of fused-ring (bicyclic) bond motifs is 1. The lowest BCUT2D eigenvalue weighted by Crippen LogP contribution is -2.27. The van der Waals surface area contributed by atoms with Gasteiger partial charge in [0.15, 0.2) is 5.17 Å². The Morgan fingerprint density at radius 3 is 2.31 bits per heavy atom. The highest BCUT2D eigenvalue weighted by atomic mass is 32.2. The van der Waals surface area contributed by atoms with E-state index in [0.717, 1.165) is 6.54 Å². The first-order valence-corrected chi connectivity index (χ1v) is 12.2. The van der Waals surface area contributed by atoms with Crippen molar-refractivity contribution in [3.05, 3.63) is 23.9 Å². The summed E-state index contributed by atoms with van der Waals surface area (Å²) in [4.78, 5) is 7.20. The van der Waals surface area contributed by atoms with Gasteiger partial charge in [0.25, 0.3) is 0 Å². The first-order valence-electron chi connectivity index (χ1n) is 11.2. The van der Waals surface area contributed by atoms with Gasteiger partial charge in [0.2, 0.25) is 0 Å². The Labute approximate surface area is 166 Å². The number of hydrogen-bond donors (Lipinski definition) is 0. The topological polar surface area (TPSA) is 15.6 Å². The zero-order valence-electron chi connectivity index (χ0n) is 17.1. The molecule has 0 bridgehead atoms. The van der Waals surface area contributed by atoms with Crippen LogP contribution in [0.15, 0.2) is 28.9 Å². The number of unbranched alkanes of at least 4 members (excludes halogenated alkanes) is 11. The highest BCUT2D eigenvalue weighted by Crippen LogP contribution is 2.25. The van der Waals surface area contributed by atoms with E-state index in [-0.39, 0.29) is 0 Å². The summed E-state index contributed by atoms with van der Waals surface area (Å²) in [7, 11) is 0. The van der Waals surface area contributed by atoms with Crippen molar-refractivity contribution in [2.24, 2.45) is 4.99 Å². The number of allylic oxidation sites excluding steroid dienone is 3. The van der Waals surface area contributed by atoms with Crippen LogP contribution >= 0.6 is 11.8 Å². The zero-order chi connectivity index (χ0) is 18.3. The van der Waals surface area contributed by atoms with Crippen molar-refractivity contribution in [3.8, 4) is 0 Å². The summed E-state index contributed by atoms with van der Waals surface area (Å²) in [6, 6.07) is 0. The molecule has 0 atom stereocenters. The molecule has 2 nitrogen and oxygen atoms in total. The van der Waals surface area contributed by atoms with Gasteiger partial charge < -0.3 is 4.90 Å². The maximum absolute atomic E-state index is 4.80. The highest BCUT2D eigenvalue weighted by Gasteiger charge is 2.21. The molecule has 2 rings (SSSR count). The van der Waals surface area contributed by atoms with Crippen molar-refractivity contribution in [1.82, 2.24) is 4.90 Å². The van der Waals surface area contributed by atoms with Crippen LogP contribution in [0.1, 0.15) is 96.8 Å². The standard InChI is InChI=1S/C23H40N2S/c1-2-3-4-5-6-7-8-9-10-11-12-13-14-15-16-17-22-18-19-25-20-21-26-23(25)24-22/h9-10,18H,2-8,11-17,19-21H2,1H3. The van der Waals surface area contributed by atoms with Crippen LogP contribution in [0.3, 0.4) is 0 Å². The minimum Gasteiger partial charge on any atom is -0.347 e. The van der Waals surface area contributed by atoms with Crippen LogP contribution in [0.4, 0.5) is 0 Å². The molecule has 0 aliphatic carbocycles. The van der Waals surface area contributed by atoms with Gasteiger partial charge in [-0.1, -0.05) is 82.2 Å². The lowest BCUT2D eigenvalue weighted by Gasteiger charge is -2.20. The molecule has 0 spiro atoms. The van der Waals surface area contributed by atoms with Crippen LogP contribution in [0.2, 0.25) is 0 Å². The predicted molar refractivity (Wildman–Crippen MR) is 119 cm³/mol. The maximum atomic E-state index is 4.80. The molecule has 0 aromatic carbocycles. The van der Waals surface area contributed by atoms with Crippen LogP contribution in [0.25, 0.3) is 0 Å². The van der Waals surface area contributed by atoms with Gasteiger partial charge in [0.05, 0.1) is 0 Å². The second kappa shape index (κ2) is 14.4. The van der Waals surface area contributed by atoms with Gasteiger partial charge in [-0.05, 0) is 44.6 Å². The van der Waals surface area contributed by atoms with E-state index in [1.54, 1.807) is 0 Å². The van der Waals surface area contributed by atoms with E-state index in [9.17, 15) is 0 Å². The number of thioether (sulfide) groups is 1. The molecular formula is C23H40N2S. The van der Waals surface area contributed by atoms with Gasteiger partial charge in [0.1, 0.15) is 0 Å². The molecule has 1 saturated heterocycles. The summed E-state index contributed by atoms with van der Waals surface area (Å²) in [6.07, 6.45) is 26.2. The Hall–Kier alpha value is -0.700. The molecule has 3 heteroatoms. The second-order valence-electron chi connectivity index (χ2n) is 7.72. The van der Waals surface area contributed by atoms with Crippen molar-refractivity contribution in [1.29, 1.82) is 0 Å². The quantitative estimate of drug-likeness (QED) is 0.220. The first kappa shape index (κ1) is 21.6. The van der Waals surface area contributed by atoms with Crippen LogP contribution < -0.4 is 0 Å². The summed E-state index contributed by atoms with van der Waals surface area (Å²) >= 11 is 1.92. The van der Waals surface area contributed by atoms with E-state index in [2.05, 4.69) is 30.1 Å². The maximum Gasteiger partial charge on any atom is 0.164 e. The molecule has 2 aliphatic heterocycles. The average molecular weight is 377 g/mol. The summed E-state index contributed by atoms with van der Waals surface area (Å²) < 4.78 is 0. The fourth-order valence-corrected chi connectivity index (χ4v) is 4.65. The van der Waals surface area contributed by atoms with Crippen molar-refractivity contribution >= 4 is 16.9 Å². The molecule has 0 amide bonds. The Kier molecular flexibility index (Phi) is 11.9. The van der Waals surface area contributed by atoms with E-state index in [0.29, 0.717) is 0 Å². The van der Waals surface area contributed by atoms with Gasteiger partial charge in [0, 0.05) is 24.5 Å². The lowest BCUT2D eigenvalue weighted by molar-refractivity contribution is 0.500. The fraction of sp³-hybridized carbons (Fsp3) is 0.783. The molecule has 148 valence electrons. The summed E-state index contributed by atoms with van der Waals surface area (Å²) in [6.45, 7) is 4.56. The SMILES string of the molecule is CCCCCCCCC=CCCCCCCCC1=CCN2CCSC2=N1. The molecule has 26 heavy (non-hydrogen) atoms. The number of hydrogen-bond acceptors (Lipinski definition) is 3. The van der Waals surface area contributed by atoms with Gasteiger partial charge >= 0.3 is 0 Å². The van der Waals surface area contributed by atoms with Gasteiger partial charge in [-0.3, -0.25) is 0 Å². The monoisotopic (exact) mass is 376 g/mol. The van der Waals surface area contributed by atoms with Gasteiger partial charge in [-0.15, -0.1) is 0 Å². The highest BCUT2D eigenvalue weighted by molar-refractivity contribution is 8.14. The molecule has 0 radical (unpaired) electrons. The third kappa shape index (κ3) is 9.30. The van der Waals surface area contributed by atoms with Crippen LogP contribution in [0, 0.1) is 0 Å². The molecular weight excluding hydrogens is 336 g/mol. The Morgan fingerprint density at radius 1 is 0.923 bits per heavy atom. The van der Waals surface area contributed by atoms with E-state index in [1.807, 2.05) is 11.8 Å². The van der Waals surface area contributed by atoms with Crippen LogP contribution in [0.5, 0.6) is 0 Å². The Morgan fingerprint density at radius 2 is 1.58 bits per heavy atom. The summed E-state index contributed by atoms with van der Waals surface area (Å²) in [5, 5.41) is 1.27. The zero-order valence-corrected chi connectivity index (χ0v) is 17.9. The summed E-state index contributed by atoms with van der Waals surface area (Å²) in [5.41, 5.74) is 1.34. The molecule has 0 aromatic rings. The van der Waals surface area contributed by atoms with Gasteiger partial charge in [-0.25, -0.2) is 4.99 Å². The van der Waals surface area contributed by atoms with E-state index in [1.165, 1.54) is 113 Å². The third-order valence-electron chi connectivity index (χ3n) is 5.34. The second-order valence-corrected chi connectivity index (χ2v) is 8.78. The Balaban J connectivity index is 1.34. The van der Waals surface area contributed by atoms with Crippen molar-refractivity contribution < 1.29 is 0 Å². The molecule has 1 fully saturated rings. The fourth-order valence-electron chi connectivity index (χ4n) is 3.63.